The Morgan fingerprint density at radius 3 is 2.00 bits per heavy atom. The Kier molecular flexibility index (Phi) is 6.12. The van der Waals surface area contributed by atoms with Crippen molar-refractivity contribution in [3.8, 4) is 0 Å². The Morgan fingerprint density at radius 1 is 1.04 bits per heavy atom. The Balaban J connectivity index is 2.48. The van der Waals surface area contributed by atoms with Crippen LogP contribution in [0.25, 0.3) is 0 Å². The molecule has 0 radical (unpaired) electrons. The van der Waals surface area contributed by atoms with Crippen LogP contribution in [0.4, 0.5) is 0 Å². The zero-order valence-corrected chi connectivity index (χ0v) is 18.5. The Bertz CT molecular complexity index is 915. The lowest BCUT2D eigenvalue weighted by atomic mass is 9.95. The highest BCUT2D eigenvalue weighted by Crippen LogP contribution is 2.29. The highest BCUT2D eigenvalue weighted by molar-refractivity contribution is 9.11. The first-order valence-electron chi connectivity index (χ1n) is 8.01. The van der Waals surface area contributed by atoms with Crippen LogP contribution >= 0.6 is 27.3 Å². The van der Waals surface area contributed by atoms with Gasteiger partial charge in [-0.25, -0.2) is 0 Å². The van der Waals surface area contributed by atoms with Crippen LogP contribution in [-0.2, 0) is 10.0 Å². The smallest absolute Gasteiger partial charge is 0.200 e. The van der Waals surface area contributed by atoms with Gasteiger partial charge in [-0.1, -0.05) is 6.92 Å². The summed E-state index contributed by atoms with van der Waals surface area (Å²) in [7, 11) is -3.73. The van der Waals surface area contributed by atoms with E-state index in [0.717, 1.165) is 42.2 Å². The maximum absolute atomic E-state index is 12.9. The van der Waals surface area contributed by atoms with E-state index in [9.17, 15) is 8.42 Å². The average Bonchev–Trinajstić information content (AvgIpc) is 2.98. The number of hydrogen-bond donors (Lipinski definition) is 1. The van der Waals surface area contributed by atoms with E-state index in [4.69, 9.17) is 0 Å². The van der Waals surface area contributed by atoms with Crippen molar-refractivity contribution < 1.29 is 8.42 Å². The van der Waals surface area contributed by atoms with E-state index in [-0.39, 0.29) is 0 Å². The van der Waals surface area contributed by atoms with E-state index in [2.05, 4.69) is 25.9 Å². The molecule has 0 spiro atoms. The second-order valence-electron chi connectivity index (χ2n) is 6.06. The third-order valence-corrected chi connectivity index (χ3v) is 7.85. The van der Waals surface area contributed by atoms with Gasteiger partial charge in [0, 0.05) is 0 Å². The number of rotatable bonds is 5. The van der Waals surface area contributed by atoms with Gasteiger partial charge in [-0.15, -0.1) is 11.3 Å². The summed E-state index contributed by atoms with van der Waals surface area (Å²) in [5, 5.41) is 4.21. The Morgan fingerprint density at radius 2 is 1.56 bits per heavy atom. The molecular formula is C18H23BrN2O2S2. The van der Waals surface area contributed by atoms with Crippen LogP contribution < -0.4 is 4.83 Å². The van der Waals surface area contributed by atoms with Gasteiger partial charge in [-0.3, -0.25) is 0 Å². The van der Waals surface area contributed by atoms with E-state index in [0.29, 0.717) is 11.3 Å². The monoisotopic (exact) mass is 442 g/mol. The van der Waals surface area contributed by atoms with Crippen LogP contribution in [-0.4, -0.2) is 14.1 Å². The quantitative estimate of drug-likeness (QED) is 0.514. The molecule has 0 aliphatic heterocycles. The molecule has 0 saturated carbocycles. The molecule has 0 bridgehead atoms. The molecule has 0 fully saturated rings. The van der Waals surface area contributed by atoms with Crippen molar-refractivity contribution >= 4 is 43.0 Å². The van der Waals surface area contributed by atoms with Crippen molar-refractivity contribution in [1.82, 2.24) is 4.83 Å². The number of nitrogens with one attached hydrogen (secondary N) is 1. The van der Waals surface area contributed by atoms with Crippen LogP contribution in [0.15, 0.2) is 25.9 Å². The fourth-order valence-corrected chi connectivity index (χ4v) is 5.69. The average molecular weight is 443 g/mol. The summed E-state index contributed by atoms with van der Waals surface area (Å²) in [4.78, 5) is 3.72. The zero-order valence-electron chi connectivity index (χ0n) is 15.3. The van der Waals surface area contributed by atoms with Gasteiger partial charge in [0.25, 0.3) is 10.0 Å². The van der Waals surface area contributed by atoms with Crippen molar-refractivity contribution in [1.29, 1.82) is 0 Å². The number of benzene rings is 1. The lowest BCUT2D eigenvalue weighted by molar-refractivity contribution is 0.582. The molecule has 2 aromatic rings. The second kappa shape index (κ2) is 7.60. The molecule has 0 unspecified atom stereocenters. The molecule has 0 atom stereocenters. The van der Waals surface area contributed by atoms with E-state index in [1.807, 2.05) is 53.7 Å². The largest absolute Gasteiger partial charge is 0.277 e. The van der Waals surface area contributed by atoms with E-state index in [1.54, 1.807) is 0 Å². The van der Waals surface area contributed by atoms with E-state index < -0.39 is 10.0 Å². The number of hydrogen-bond acceptors (Lipinski definition) is 4. The first kappa shape index (κ1) is 20.1. The molecule has 2 rings (SSSR count). The molecule has 0 saturated heterocycles. The SMILES string of the molecule is CC/C(=N/NS(=O)(=O)c1c(C)c(C)c(C)c(C)c1C)c1ccc(Br)s1. The lowest BCUT2D eigenvalue weighted by Gasteiger charge is -2.18. The molecule has 1 aromatic carbocycles. The topological polar surface area (TPSA) is 58.5 Å². The molecule has 0 aliphatic rings. The number of thiophene rings is 1. The molecule has 25 heavy (non-hydrogen) atoms. The molecule has 1 aromatic heterocycles. The van der Waals surface area contributed by atoms with Gasteiger partial charge in [-0.05, 0) is 96.9 Å². The minimum Gasteiger partial charge on any atom is -0.200 e. The van der Waals surface area contributed by atoms with Gasteiger partial charge in [0.15, 0.2) is 0 Å². The van der Waals surface area contributed by atoms with Crippen LogP contribution in [0.3, 0.4) is 0 Å². The summed E-state index contributed by atoms with van der Waals surface area (Å²) >= 11 is 4.95. The molecule has 4 nitrogen and oxygen atoms in total. The highest BCUT2D eigenvalue weighted by atomic mass is 79.9. The number of nitrogens with zero attached hydrogens (tertiary/aromatic N) is 1. The summed E-state index contributed by atoms with van der Waals surface area (Å²) in [5.41, 5.74) is 5.42. The maximum Gasteiger partial charge on any atom is 0.277 e. The van der Waals surface area contributed by atoms with Gasteiger partial charge in [0.1, 0.15) is 0 Å². The predicted molar refractivity (Wildman–Crippen MR) is 109 cm³/mol. The molecule has 7 heteroatoms. The van der Waals surface area contributed by atoms with Crippen molar-refractivity contribution in [3.63, 3.8) is 0 Å². The minimum atomic E-state index is -3.73. The first-order valence-corrected chi connectivity index (χ1v) is 11.1. The molecule has 1 heterocycles. The van der Waals surface area contributed by atoms with Crippen LogP contribution in [0.1, 0.15) is 46.0 Å². The van der Waals surface area contributed by atoms with Crippen molar-refractivity contribution in [2.24, 2.45) is 5.10 Å². The molecule has 0 aliphatic carbocycles. The fourth-order valence-electron chi connectivity index (χ4n) is 2.81. The summed E-state index contributed by atoms with van der Waals surface area (Å²) < 4.78 is 26.8. The van der Waals surface area contributed by atoms with Crippen LogP contribution in [0.2, 0.25) is 0 Å². The summed E-state index contributed by atoms with van der Waals surface area (Å²) in [6, 6.07) is 3.86. The maximum atomic E-state index is 12.9. The highest BCUT2D eigenvalue weighted by Gasteiger charge is 2.23. The Hall–Kier alpha value is -1.18. The molecule has 136 valence electrons. The molecule has 1 N–H and O–H groups in total. The molecular weight excluding hydrogens is 420 g/mol. The number of sulfonamides is 1. The summed E-state index contributed by atoms with van der Waals surface area (Å²) in [6.07, 6.45) is 0.638. The number of halogens is 1. The first-order chi connectivity index (χ1) is 11.6. The van der Waals surface area contributed by atoms with Crippen molar-refractivity contribution in [3.05, 3.63) is 48.6 Å². The predicted octanol–water partition coefficient (Wildman–Crippen LogP) is 5.15. The Labute approximate surface area is 162 Å². The van der Waals surface area contributed by atoms with Crippen LogP contribution in [0.5, 0.6) is 0 Å². The molecule has 0 amide bonds. The van der Waals surface area contributed by atoms with Crippen molar-refractivity contribution in [2.45, 2.75) is 52.9 Å². The van der Waals surface area contributed by atoms with Gasteiger partial charge in [0.05, 0.1) is 19.3 Å². The summed E-state index contributed by atoms with van der Waals surface area (Å²) in [6.45, 7) is 11.6. The lowest BCUT2D eigenvalue weighted by Crippen LogP contribution is -2.23. The summed E-state index contributed by atoms with van der Waals surface area (Å²) in [5.74, 6) is 0. The number of hydrazone groups is 1. The van der Waals surface area contributed by atoms with Gasteiger partial charge in [-0.2, -0.15) is 18.4 Å². The third kappa shape index (κ3) is 3.99. The van der Waals surface area contributed by atoms with Gasteiger partial charge >= 0.3 is 0 Å². The van der Waals surface area contributed by atoms with Gasteiger partial charge < -0.3 is 0 Å². The standard InChI is InChI=1S/C18H23BrN2O2S2/c1-7-15(16-8-9-17(19)24-16)20-21-25(22,23)18-13(5)11(3)10(2)12(4)14(18)6/h8-9,21H,7H2,1-6H3/b20-15-. The fraction of sp³-hybridized carbons (Fsp3) is 0.389. The van der Waals surface area contributed by atoms with Crippen LogP contribution in [0, 0.1) is 34.6 Å². The normalized spacial score (nSPS) is 12.5. The third-order valence-electron chi connectivity index (χ3n) is 4.69. The van der Waals surface area contributed by atoms with Gasteiger partial charge in [0.2, 0.25) is 0 Å². The zero-order chi connectivity index (χ0) is 18.9. The van der Waals surface area contributed by atoms with E-state index in [1.165, 1.54) is 11.3 Å². The van der Waals surface area contributed by atoms with E-state index >= 15 is 0 Å². The van der Waals surface area contributed by atoms with Crippen molar-refractivity contribution in [2.75, 3.05) is 0 Å². The minimum absolute atomic E-state index is 0.333. The second-order valence-corrected chi connectivity index (χ2v) is 10.1.